The average molecular weight is 313 g/mol. The van der Waals surface area contributed by atoms with Crippen molar-refractivity contribution in [3.05, 3.63) is 59.2 Å². The van der Waals surface area contributed by atoms with E-state index in [4.69, 9.17) is 9.47 Å². The molecular weight excluding hydrogens is 290 g/mol. The fourth-order valence-corrected chi connectivity index (χ4v) is 2.25. The number of nitrogens with one attached hydrogen (secondary N) is 1. The molecule has 0 radical (unpaired) electrons. The molecule has 4 nitrogen and oxygen atoms in total. The van der Waals surface area contributed by atoms with E-state index in [1.54, 1.807) is 14.0 Å². The van der Waals surface area contributed by atoms with E-state index in [-0.39, 0.29) is 5.91 Å². The first-order valence-electron chi connectivity index (χ1n) is 7.63. The second-order valence-electron chi connectivity index (χ2n) is 5.58. The lowest BCUT2D eigenvalue weighted by atomic mass is 10.1. The van der Waals surface area contributed by atoms with Crippen LogP contribution < -0.4 is 10.1 Å². The summed E-state index contributed by atoms with van der Waals surface area (Å²) < 4.78 is 10.9. The monoisotopic (exact) mass is 313 g/mol. The van der Waals surface area contributed by atoms with Crippen LogP contribution in [0.3, 0.4) is 0 Å². The topological polar surface area (TPSA) is 47.6 Å². The smallest absolute Gasteiger partial charge is 0.265 e. The minimum absolute atomic E-state index is 0.180. The number of hydrogen-bond acceptors (Lipinski definition) is 3. The second kappa shape index (κ2) is 7.79. The number of anilines is 1. The zero-order valence-electron chi connectivity index (χ0n) is 14.1. The molecule has 0 saturated heterocycles. The van der Waals surface area contributed by atoms with Crippen LogP contribution in [0.4, 0.5) is 5.69 Å². The predicted molar refractivity (Wildman–Crippen MR) is 91.8 cm³/mol. The fourth-order valence-electron chi connectivity index (χ4n) is 2.25. The summed E-state index contributed by atoms with van der Waals surface area (Å²) in [6, 6.07) is 13.4. The lowest BCUT2D eigenvalue weighted by molar-refractivity contribution is -0.122. The highest BCUT2D eigenvalue weighted by Gasteiger charge is 2.16. The van der Waals surface area contributed by atoms with Crippen molar-refractivity contribution < 1.29 is 14.3 Å². The van der Waals surface area contributed by atoms with Gasteiger partial charge < -0.3 is 14.8 Å². The van der Waals surface area contributed by atoms with Crippen LogP contribution in [0.15, 0.2) is 42.5 Å². The molecular formula is C19H23NO3. The van der Waals surface area contributed by atoms with Crippen molar-refractivity contribution in [2.75, 3.05) is 12.4 Å². The summed E-state index contributed by atoms with van der Waals surface area (Å²) in [4.78, 5) is 12.3. The Kier molecular flexibility index (Phi) is 5.77. The van der Waals surface area contributed by atoms with E-state index in [9.17, 15) is 4.79 Å². The molecule has 2 rings (SSSR count). The molecule has 1 N–H and O–H groups in total. The number of hydrogen-bond donors (Lipinski definition) is 1. The quantitative estimate of drug-likeness (QED) is 0.881. The molecule has 0 heterocycles. The fraction of sp³-hybridized carbons (Fsp3) is 0.316. The summed E-state index contributed by atoms with van der Waals surface area (Å²) in [6.07, 6.45) is -0.582. The third-order valence-corrected chi connectivity index (χ3v) is 3.73. The first-order chi connectivity index (χ1) is 11.0. The molecule has 0 bridgehead atoms. The van der Waals surface area contributed by atoms with Crippen LogP contribution in [-0.4, -0.2) is 19.1 Å². The molecule has 2 aromatic rings. The maximum absolute atomic E-state index is 12.3. The maximum Gasteiger partial charge on any atom is 0.265 e. The summed E-state index contributed by atoms with van der Waals surface area (Å²) in [5.74, 6) is 0.557. The van der Waals surface area contributed by atoms with Gasteiger partial charge in [0.1, 0.15) is 5.75 Å². The lowest BCUT2D eigenvalue weighted by Gasteiger charge is -2.17. The van der Waals surface area contributed by atoms with Crippen molar-refractivity contribution in [2.45, 2.75) is 33.5 Å². The van der Waals surface area contributed by atoms with Crippen molar-refractivity contribution in [2.24, 2.45) is 0 Å². The average Bonchev–Trinajstić information content (AvgIpc) is 2.52. The third kappa shape index (κ3) is 4.57. The van der Waals surface area contributed by atoms with Gasteiger partial charge in [0.2, 0.25) is 0 Å². The van der Waals surface area contributed by atoms with Crippen LogP contribution in [-0.2, 0) is 16.1 Å². The number of rotatable bonds is 6. The van der Waals surface area contributed by atoms with Crippen molar-refractivity contribution in [3.8, 4) is 5.75 Å². The van der Waals surface area contributed by atoms with Crippen LogP contribution in [0.5, 0.6) is 5.75 Å². The number of benzene rings is 2. The summed E-state index contributed by atoms with van der Waals surface area (Å²) in [7, 11) is 1.64. The Balaban J connectivity index is 2.02. The van der Waals surface area contributed by atoms with E-state index in [1.807, 2.05) is 56.3 Å². The summed E-state index contributed by atoms with van der Waals surface area (Å²) in [5, 5.41) is 2.88. The number of carbonyl (C=O) groups excluding carboxylic acids is 1. The first-order valence-corrected chi connectivity index (χ1v) is 7.63. The van der Waals surface area contributed by atoms with Gasteiger partial charge in [0.05, 0.1) is 6.61 Å². The van der Waals surface area contributed by atoms with E-state index < -0.39 is 6.10 Å². The first kappa shape index (κ1) is 17.0. The molecule has 0 aliphatic heterocycles. The van der Waals surface area contributed by atoms with Crippen LogP contribution >= 0.6 is 0 Å². The van der Waals surface area contributed by atoms with Gasteiger partial charge in [-0.1, -0.05) is 24.3 Å². The van der Waals surface area contributed by atoms with Gasteiger partial charge in [-0.2, -0.15) is 0 Å². The number of ether oxygens (including phenoxy) is 2. The maximum atomic E-state index is 12.3. The number of carbonyl (C=O) groups is 1. The Morgan fingerprint density at radius 3 is 2.65 bits per heavy atom. The summed E-state index contributed by atoms with van der Waals surface area (Å²) in [5.41, 5.74) is 3.94. The third-order valence-electron chi connectivity index (χ3n) is 3.73. The minimum atomic E-state index is -0.582. The molecule has 0 unspecified atom stereocenters. The van der Waals surface area contributed by atoms with Gasteiger partial charge in [-0.3, -0.25) is 4.79 Å². The van der Waals surface area contributed by atoms with Crippen LogP contribution in [0, 0.1) is 13.8 Å². The number of methoxy groups -OCH3 is 1. The van der Waals surface area contributed by atoms with Gasteiger partial charge >= 0.3 is 0 Å². The number of amides is 1. The van der Waals surface area contributed by atoms with Crippen molar-refractivity contribution in [1.29, 1.82) is 0 Å². The second-order valence-corrected chi connectivity index (χ2v) is 5.58. The Hall–Kier alpha value is -2.33. The highest BCUT2D eigenvalue weighted by Crippen LogP contribution is 2.22. The van der Waals surface area contributed by atoms with E-state index in [0.29, 0.717) is 6.61 Å². The standard InChI is InChI=1S/C19H23NO3/c1-13-7-5-10-18(14(13)2)23-15(3)19(21)20-17-9-6-8-16(11-17)12-22-4/h5-11,15H,12H2,1-4H3,(H,20,21)/t15-/m1/s1. The molecule has 0 fully saturated rings. The Morgan fingerprint density at radius 1 is 1.17 bits per heavy atom. The van der Waals surface area contributed by atoms with Crippen LogP contribution in [0.2, 0.25) is 0 Å². The summed E-state index contributed by atoms with van der Waals surface area (Å²) in [6.45, 7) is 6.27. The molecule has 23 heavy (non-hydrogen) atoms. The molecule has 0 spiro atoms. The normalized spacial score (nSPS) is 11.8. The summed E-state index contributed by atoms with van der Waals surface area (Å²) >= 11 is 0. The van der Waals surface area contributed by atoms with Crippen LogP contribution in [0.25, 0.3) is 0 Å². The zero-order chi connectivity index (χ0) is 16.8. The van der Waals surface area contributed by atoms with Gasteiger partial charge in [0.25, 0.3) is 5.91 Å². The Morgan fingerprint density at radius 2 is 1.91 bits per heavy atom. The van der Waals surface area contributed by atoms with Gasteiger partial charge in [0.15, 0.2) is 6.10 Å². The van der Waals surface area contributed by atoms with Gasteiger partial charge in [-0.15, -0.1) is 0 Å². The molecule has 0 saturated carbocycles. The van der Waals surface area contributed by atoms with E-state index in [1.165, 1.54) is 0 Å². The molecule has 0 aliphatic carbocycles. The molecule has 1 amide bonds. The molecule has 1 atom stereocenters. The van der Waals surface area contributed by atoms with E-state index in [2.05, 4.69) is 5.32 Å². The van der Waals surface area contributed by atoms with Gasteiger partial charge in [0, 0.05) is 12.8 Å². The molecule has 2 aromatic carbocycles. The molecule has 0 aromatic heterocycles. The highest BCUT2D eigenvalue weighted by atomic mass is 16.5. The Labute approximate surface area is 137 Å². The predicted octanol–water partition coefficient (Wildman–Crippen LogP) is 3.86. The van der Waals surface area contributed by atoms with E-state index in [0.717, 1.165) is 28.1 Å². The molecule has 122 valence electrons. The van der Waals surface area contributed by atoms with E-state index >= 15 is 0 Å². The molecule has 4 heteroatoms. The van der Waals surface area contributed by atoms with Crippen molar-refractivity contribution in [3.63, 3.8) is 0 Å². The Bertz CT molecular complexity index is 682. The molecule has 0 aliphatic rings. The van der Waals surface area contributed by atoms with Gasteiger partial charge in [-0.25, -0.2) is 0 Å². The largest absolute Gasteiger partial charge is 0.481 e. The zero-order valence-corrected chi connectivity index (χ0v) is 14.1. The minimum Gasteiger partial charge on any atom is -0.481 e. The van der Waals surface area contributed by atoms with Crippen molar-refractivity contribution in [1.82, 2.24) is 0 Å². The SMILES string of the molecule is COCc1cccc(NC(=O)[C@@H](C)Oc2cccc(C)c2C)c1. The number of aryl methyl sites for hydroxylation is 1. The van der Waals surface area contributed by atoms with Gasteiger partial charge in [-0.05, 0) is 55.7 Å². The highest BCUT2D eigenvalue weighted by molar-refractivity contribution is 5.94. The lowest BCUT2D eigenvalue weighted by Crippen LogP contribution is -2.30. The van der Waals surface area contributed by atoms with Crippen LogP contribution in [0.1, 0.15) is 23.6 Å². The van der Waals surface area contributed by atoms with Crippen molar-refractivity contribution >= 4 is 11.6 Å².